The average Bonchev–Trinajstić information content (AvgIpc) is 2.97. The zero-order chi connectivity index (χ0) is 29.1. The van der Waals surface area contributed by atoms with E-state index < -0.39 is 20.0 Å². The summed E-state index contributed by atoms with van der Waals surface area (Å²) in [5.74, 6) is -2.20. The summed E-state index contributed by atoms with van der Waals surface area (Å²) < 4.78 is 11.2. The minimum absolute atomic E-state index is 0.0475. The van der Waals surface area contributed by atoms with Crippen molar-refractivity contribution in [1.29, 1.82) is 0 Å². The summed E-state index contributed by atoms with van der Waals surface area (Å²) in [6, 6.07) is 10.7. The number of carboxylic acid groups (broad SMARTS) is 2. The standard InChI is InChI=1S/C32H36N2O6Si/c1-4-14-39-15-11-33-22-6-9-25-28(19-22)41(2,3)29-20-23(34-12-16-40-17-13-34)7-10-26(29)30(25)27-18-21(31(35)36)5-8-24(27)32(37)38/h5-10,18-20H,4,11-17H2,1-3H3,(H,35,36)(H,37,38). The second kappa shape index (κ2) is 12.0. The molecule has 41 heavy (non-hydrogen) atoms. The van der Waals surface area contributed by atoms with Crippen LogP contribution in [0.15, 0.2) is 70.4 Å². The van der Waals surface area contributed by atoms with E-state index in [9.17, 15) is 19.8 Å². The molecule has 2 aromatic rings. The van der Waals surface area contributed by atoms with Crippen LogP contribution in [0.3, 0.4) is 0 Å². The van der Waals surface area contributed by atoms with Gasteiger partial charge in [0.1, 0.15) is 8.07 Å². The van der Waals surface area contributed by atoms with Crippen LogP contribution < -0.4 is 10.1 Å². The number of aromatic carboxylic acids is 2. The molecule has 1 saturated heterocycles. The number of anilines is 1. The highest BCUT2D eigenvalue weighted by Crippen LogP contribution is 2.43. The van der Waals surface area contributed by atoms with Crippen molar-refractivity contribution >= 4 is 42.2 Å². The Morgan fingerprint density at radius 2 is 1.78 bits per heavy atom. The molecule has 2 aromatic carbocycles. The molecule has 8 nitrogen and oxygen atoms in total. The fourth-order valence-corrected chi connectivity index (χ4v) is 8.86. The summed E-state index contributed by atoms with van der Waals surface area (Å²) in [4.78, 5) is 31.5. The Hall–Kier alpha value is -3.79. The molecule has 0 radical (unpaired) electrons. The normalized spacial score (nSPS) is 18.7. The maximum atomic E-state index is 12.4. The van der Waals surface area contributed by atoms with E-state index in [-0.39, 0.29) is 11.1 Å². The Balaban J connectivity index is 1.71. The molecule has 1 aliphatic carbocycles. The van der Waals surface area contributed by atoms with Crippen LogP contribution >= 0.6 is 0 Å². The third-order valence-corrected chi connectivity index (χ3v) is 11.4. The van der Waals surface area contributed by atoms with E-state index in [0.717, 1.165) is 52.8 Å². The summed E-state index contributed by atoms with van der Waals surface area (Å²) >= 11 is 0. The van der Waals surface area contributed by atoms with E-state index in [2.05, 4.69) is 49.2 Å². The van der Waals surface area contributed by atoms with Gasteiger partial charge in [-0.05, 0) is 81.6 Å². The van der Waals surface area contributed by atoms with Crippen LogP contribution in [0.4, 0.5) is 5.69 Å². The highest BCUT2D eigenvalue weighted by Gasteiger charge is 2.40. The highest BCUT2D eigenvalue weighted by molar-refractivity contribution is 6.98. The molecule has 0 unspecified atom stereocenters. The average molecular weight is 573 g/mol. The molecule has 3 aliphatic rings. The second-order valence-electron chi connectivity index (χ2n) is 10.9. The first kappa shape index (κ1) is 28.7. The summed E-state index contributed by atoms with van der Waals surface area (Å²) in [6.45, 7) is 11.5. The first-order valence-corrected chi connectivity index (χ1v) is 17.1. The lowest BCUT2D eigenvalue weighted by molar-refractivity contribution is 0.0681. The fourth-order valence-electron chi connectivity index (χ4n) is 5.79. The van der Waals surface area contributed by atoms with Gasteiger partial charge in [-0.3, -0.25) is 4.99 Å². The molecule has 1 fully saturated rings. The SMILES string of the molecule is CCCOCCN=C1C=CC2=C(c3cc(C(=O)O)ccc3C(=O)O)c3ccc(N4CCOCC4)cc3[Si](C)(C)C2=C1. The largest absolute Gasteiger partial charge is 0.478 e. The van der Waals surface area contributed by atoms with Crippen molar-refractivity contribution < 1.29 is 29.3 Å². The van der Waals surface area contributed by atoms with Gasteiger partial charge in [0.15, 0.2) is 0 Å². The summed E-state index contributed by atoms with van der Waals surface area (Å²) in [5, 5.41) is 22.3. The Labute approximate surface area is 241 Å². The van der Waals surface area contributed by atoms with Crippen LogP contribution in [0.1, 0.15) is 45.2 Å². The molecule has 0 atom stereocenters. The van der Waals surface area contributed by atoms with Gasteiger partial charge in [-0.15, -0.1) is 0 Å². The first-order valence-electron chi connectivity index (χ1n) is 14.1. The number of nitrogens with zero attached hydrogens (tertiary/aromatic N) is 2. The maximum Gasteiger partial charge on any atom is 0.336 e. The van der Waals surface area contributed by atoms with E-state index in [1.54, 1.807) is 0 Å². The van der Waals surface area contributed by atoms with Gasteiger partial charge in [0, 0.05) is 25.4 Å². The smallest absolute Gasteiger partial charge is 0.336 e. The lowest BCUT2D eigenvalue weighted by atomic mass is 9.86. The molecule has 2 aliphatic heterocycles. The number of rotatable bonds is 9. The number of carboxylic acids is 2. The number of carbonyl (C=O) groups is 2. The molecule has 0 amide bonds. The van der Waals surface area contributed by atoms with Crippen molar-refractivity contribution in [2.45, 2.75) is 26.4 Å². The van der Waals surface area contributed by atoms with Gasteiger partial charge in [-0.25, -0.2) is 9.59 Å². The fraction of sp³-hybridized carbons (Fsp3) is 0.344. The number of fused-ring (bicyclic) bond motifs is 2. The number of morpholine rings is 1. The topological polar surface area (TPSA) is 109 Å². The Morgan fingerprint density at radius 1 is 1.00 bits per heavy atom. The highest BCUT2D eigenvalue weighted by atomic mass is 28.3. The van der Waals surface area contributed by atoms with E-state index >= 15 is 0 Å². The first-order chi connectivity index (χ1) is 19.7. The number of hydrogen-bond acceptors (Lipinski definition) is 6. The van der Waals surface area contributed by atoms with E-state index in [0.29, 0.717) is 38.5 Å². The molecule has 0 saturated carbocycles. The molecule has 214 valence electrons. The number of ether oxygens (including phenoxy) is 2. The molecule has 9 heteroatoms. The predicted molar refractivity (Wildman–Crippen MR) is 164 cm³/mol. The summed E-state index contributed by atoms with van der Waals surface area (Å²) in [5.41, 5.74) is 5.12. The molecule has 5 rings (SSSR count). The van der Waals surface area contributed by atoms with Gasteiger partial charge in [0.05, 0.1) is 43.2 Å². The quantitative estimate of drug-likeness (QED) is 0.335. The molecule has 0 spiro atoms. The predicted octanol–water partition coefficient (Wildman–Crippen LogP) is 4.55. The Bertz CT molecular complexity index is 1500. The Morgan fingerprint density at radius 3 is 2.49 bits per heavy atom. The molecule has 0 aromatic heterocycles. The van der Waals surface area contributed by atoms with Gasteiger partial charge in [-0.2, -0.15) is 0 Å². The van der Waals surface area contributed by atoms with E-state index in [1.165, 1.54) is 23.4 Å². The minimum atomic E-state index is -2.31. The second-order valence-corrected chi connectivity index (χ2v) is 15.3. The van der Waals surface area contributed by atoms with Crippen molar-refractivity contribution in [1.82, 2.24) is 0 Å². The maximum absolute atomic E-state index is 12.4. The van der Waals surface area contributed by atoms with Crippen molar-refractivity contribution in [2.75, 3.05) is 51.0 Å². The zero-order valence-corrected chi connectivity index (χ0v) is 24.8. The molecule has 0 bridgehead atoms. The van der Waals surface area contributed by atoms with Crippen molar-refractivity contribution in [2.24, 2.45) is 4.99 Å². The number of aliphatic imine (C=N–C) groups is 1. The molecule has 2 N–H and O–H groups in total. The molecular weight excluding hydrogens is 536 g/mol. The van der Waals surface area contributed by atoms with Crippen LogP contribution in [-0.4, -0.2) is 82.0 Å². The van der Waals surface area contributed by atoms with Gasteiger partial charge < -0.3 is 24.6 Å². The number of allylic oxidation sites excluding steroid dienone is 5. The summed E-state index contributed by atoms with van der Waals surface area (Å²) in [7, 11) is -2.31. The van der Waals surface area contributed by atoms with Crippen molar-refractivity contribution in [3.63, 3.8) is 0 Å². The lowest BCUT2D eigenvalue weighted by Gasteiger charge is -2.39. The third kappa shape index (κ3) is 5.70. The molecule has 2 heterocycles. The zero-order valence-electron chi connectivity index (χ0n) is 23.8. The van der Waals surface area contributed by atoms with Crippen LogP contribution in [0.2, 0.25) is 13.1 Å². The van der Waals surface area contributed by atoms with Crippen molar-refractivity contribution in [3.8, 4) is 0 Å². The Kier molecular flexibility index (Phi) is 8.39. The lowest BCUT2D eigenvalue weighted by Crippen LogP contribution is -2.50. The third-order valence-electron chi connectivity index (χ3n) is 7.91. The van der Waals surface area contributed by atoms with Gasteiger partial charge in [0.25, 0.3) is 0 Å². The summed E-state index contributed by atoms with van der Waals surface area (Å²) in [6.07, 6.45) is 7.07. The van der Waals surface area contributed by atoms with E-state index in [4.69, 9.17) is 14.5 Å². The van der Waals surface area contributed by atoms with Crippen LogP contribution in [0.25, 0.3) is 5.57 Å². The van der Waals surface area contributed by atoms with E-state index in [1.807, 2.05) is 12.2 Å². The van der Waals surface area contributed by atoms with Gasteiger partial charge in [0.2, 0.25) is 0 Å². The minimum Gasteiger partial charge on any atom is -0.478 e. The van der Waals surface area contributed by atoms with Crippen LogP contribution in [-0.2, 0) is 9.47 Å². The number of benzene rings is 2. The number of hydrogen-bond donors (Lipinski definition) is 2. The monoisotopic (exact) mass is 572 g/mol. The van der Waals surface area contributed by atoms with Gasteiger partial charge in [-0.1, -0.05) is 32.2 Å². The van der Waals surface area contributed by atoms with Crippen LogP contribution in [0, 0.1) is 0 Å². The molecular formula is C32H36N2O6Si. The van der Waals surface area contributed by atoms with Crippen LogP contribution in [0.5, 0.6) is 0 Å². The van der Waals surface area contributed by atoms with Gasteiger partial charge >= 0.3 is 11.9 Å². The van der Waals surface area contributed by atoms with Crippen molar-refractivity contribution in [3.05, 3.63) is 87.6 Å².